The van der Waals surface area contributed by atoms with Gasteiger partial charge in [0.25, 0.3) is 0 Å². The van der Waals surface area contributed by atoms with Gasteiger partial charge in [-0.05, 0) is 6.07 Å². The number of sulfone groups is 1. The summed E-state index contributed by atoms with van der Waals surface area (Å²) in [6.07, 6.45) is -1.44. The average molecular weight is 455 g/mol. The molecular formula is C21H30N2O7S. The van der Waals surface area contributed by atoms with E-state index in [-0.39, 0.29) is 55.2 Å². The van der Waals surface area contributed by atoms with E-state index >= 15 is 0 Å². The van der Waals surface area contributed by atoms with E-state index in [1.165, 1.54) is 0 Å². The molecule has 2 N–H and O–H groups in total. The Morgan fingerprint density at radius 2 is 2.00 bits per heavy atom. The number of carbonyl (C=O) groups is 1. The minimum atomic E-state index is -3.02. The molecule has 1 amide bonds. The third-order valence-corrected chi connectivity index (χ3v) is 7.84. The van der Waals surface area contributed by atoms with Gasteiger partial charge in [0.05, 0.1) is 43.3 Å². The van der Waals surface area contributed by atoms with Crippen molar-refractivity contribution in [2.45, 2.75) is 49.9 Å². The maximum atomic E-state index is 12.5. The van der Waals surface area contributed by atoms with Crippen molar-refractivity contribution in [1.29, 1.82) is 0 Å². The second-order valence-electron chi connectivity index (χ2n) is 8.34. The van der Waals surface area contributed by atoms with E-state index < -0.39 is 22.0 Å². The number of fused-ring (bicyclic) bond motifs is 1. The van der Waals surface area contributed by atoms with Crippen molar-refractivity contribution in [3.8, 4) is 5.75 Å². The third kappa shape index (κ3) is 5.20. The van der Waals surface area contributed by atoms with E-state index in [9.17, 15) is 18.3 Å². The topological polar surface area (TPSA) is 114 Å². The van der Waals surface area contributed by atoms with Gasteiger partial charge in [0.2, 0.25) is 5.91 Å². The fraction of sp³-hybridized carbons (Fsp3) is 0.667. The standard InChI is InChI=1S/C21H30N2O7S/c1-28-16-5-3-2-4-14(16)12-22-13-18-20(25)21-17(30-18)10-15(29-21)11-19(24)23-6-8-31(26,27)9-7-23/h2-5,15,17-18,20-22,25H,6-13H2,1H3/t15-,17-,18-,20-,21+/m1/s1. The number of aliphatic hydroxyl groups is 1. The highest BCUT2D eigenvalue weighted by Gasteiger charge is 2.50. The van der Waals surface area contributed by atoms with Gasteiger partial charge in [-0.25, -0.2) is 8.42 Å². The predicted octanol–water partition coefficient (Wildman–Crippen LogP) is -0.282. The summed E-state index contributed by atoms with van der Waals surface area (Å²) < 4.78 is 40.4. The number of nitrogens with zero attached hydrogens (tertiary/aromatic N) is 1. The number of benzene rings is 1. The van der Waals surface area contributed by atoms with E-state index in [4.69, 9.17) is 14.2 Å². The summed E-state index contributed by atoms with van der Waals surface area (Å²) in [4.78, 5) is 14.1. The Bertz CT molecular complexity index is 879. The molecule has 0 saturated carbocycles. The number of ether oxygens (including phenoxy) is 3. The number of aliphatic hydroxyl groups excluding tert-OH is 1. The molecule has 5 atom stereocenters. The Morgan fingerprint density at radius 1 is 1.26 bits per heavy atom. The van der Waals surface area contributed by atoms with Crippen molar-refractivity contribution in [3.63, 3.8) is 0 Å². The third-order valence-electron chi connectivity index (χ3n) is 6.23. The lowest BCUT2D eigenvalue weighted by Crippen LogP contribution is -2.44. The number of methoxy groups -OCH3 is 1. The van der Waals surface area contributed by atoms with Gasteiger partial charge < -0.3 is 29.5 Å². The fourth-order valence-electron chi connectivity index (χ4n) is 4.49. The number of rotatable bonds is 7. The number of carbonyl (C=O) groups excluding carboxylic acids is 1. The minimum Gasteiger partial charge on any atom is -0.496 e. The molecule has 0 bridgehead atoms. The number of nitrogens with one attached hydrogen (secondary N) is 1. The monoisotopic (exact) mass is 454 g/mol. The van der Waals surface area contributed by atoms with E-state index in [1.54, 1.807) is 12.0 Å². The van der Waals surface area contributed by atoms with Gasteiger partial charge in [0.1, 0.15) is 18.0 Å². The van der Waals surface area contributed by atoms with E-state index in [1.807, 2.05) is 24.3 Å². The SMILES string of the molecule is COc1ccccc1CNC[C@H]1O[C@@H]2C[C@H](CC(=O)N3CCS(=O)(=O)CC3)O[C@@H]2[C@@H]1O. The Kier molecular flexibility index (Phi) is 6.83. The van der Waals surface area contributed by atoms with Crippen LogP contribution in [0.5, 0.6) is 5.75 Å². The maximum Gasteiger partial charge on any atom is 0.225 e. The van der Waals surface area contributed by atoms with Crippen LogP contribution in [0.2, 0.25) is 0 Å². The molecule has 0 spiro atoms. The van der Waals surface area contributed by atoms with E-state index in [0.717, 1.165) is 11.3 Å². The van der Waals surface area contributed by atoms with Gasteiger partial charge in [0.15, 0.2) is 9.84 Å². The molecule has 0 unspecified atom stereocenters. The Balaban J connectivity index is 1.22. The molecule has 10 heteroatoms. The smallest absolute Gasteiger partial charge is 0.225 e. The highest BCUT2D eigenvalue weighted by atomic mass is 32.2. The van der Waals surface area contributed by atoms with Crippen molar-refractivity contribution >= 4 is 15.7 Å². The molecule has 1 aromatic carbocycles. The van der Waals surface area contributed by atoms with Crippen LogP contribution in [0.4, 0.5) is 0 Å². The van der Waals surface area contributed by atoms with Crippen LogP contribution in [0.1, 0.15) is 18.4 Å². The molecule has 31 heavy (non-hydrogen) atoms. The van der Waals surface area contributed by atoms with Crippen LogP contribution in [0.3, 0.4) is 0 Å². The Labute approximate surface area is 182 Å². The molecule has 3 heterocycles. The van der Waals surface area contributed by atoms with Crippen LogP contribution >= 0.6 is 0 Å². The van der Waals surface area contributed by atoms with Gasteiger partial charge in [-0.15, -0.1) is 0 Å². The first-order chi connectivity index (χ1) is 14.9. The second-order valence-corrected chi connectivity index (χ2v) is 10.6. The first kappa shape index (κ1) is 22.5. The molecule has 9 nitrogen and oxygen atoms in total. The zero-order valence-electron chi connectivity index (χ0n) is 17.6. The summed E-state index contributed by atoms with van der Waals surface area (Å²) >= 11 is 0. The summed E-state index contributed by atoms with van der Waals surface area (Å²) in [7, 11) is -1.39. The molecule has 3 aliphatic rings. The summed E-state index contributed by atoms with van der Waals surface area (Å²) in [6, 6.07) is 7.75. The Hall–Kier alpha value is -1.72. The van der Waals surface area contributed by atoms with Crippen molar-refractivity contribution < 1.29 is 32.5 Å². The lowest BCUT2D eigenvalue weighted by atomic mass is 10.1. The number of hydrogen-bond donors (Lipinski definition) is 2. The first-order valence-electron chi connectivity index (χ1n) is 10.7. The van der Waals surface area contributed by atoms with Crippen LogP contribution in [0.25, 0.3) is 0 Å². The van der Waals surface area contributed by atoms with Gasteiger partial charge in [-0.3, -0.25) is 4.79 Å². The van der Waals surface area contributed by atoms with Gasteiger partial charge >= 0.3 is 0 Å². The molecule has 0 aromatic heterocycles. The zero-order chi connectivity index (χ0) is 22.0. The second kappa shape index (κ2) is 9.41. The lowest BCUT2D eigenvalue weighted by Gasteiger charge is -2.28. The first-order valence-corrected chi connectivity index (χ1v) is 12.5. The summed E-state index contributed by atoms with van der Waals surface area (Å²) in [5.74, 6) is 0.730. The molecule has 1 aromatic rings. The Morgan fingerprint density at radius 3 is 2.71 bits per heavy atom. The fourth-order valence-corrected chi connectivity index (χ4v) is 5.69. The van der Waals surface area contributed by atoms with Crippen molar-refractivity contribution in [3.05, 3.63) is 29.8 Å². The van der Waals surface area contributed by atoms with Crippen molar-refractivity contribution in [1.82, 2.24) is 10.2 Å². The number of para-hydroxylation sites is 1. The summed E-state index contributed by atoms with van der Waals surface area (Å²) in [5, 5.41) is 13.9. The highest BCUT2D eigenvalue weighted by Crippen LogP contribution is 2.35. The molecule has 3 fully saturated rings. The van der Waals surface area contributed by atoms with Gasteiger partial charge in [-0.1, -0.05) is 18.2 Å². The van der Waals surface area contributed by atoms with E-state index in [0.29, 0.717) is 19.5 Å². The van der Waals surface area contributed by atoms with Crippen LogP contribution in [-0.4, -0.2) is 93.1 Å². The highest BCUT2D eigenvalue weighted by molar-refractivity contribution is 7.91. The summed E-state index contributed by atoms with van der Waals surface area (Å²) in [6.45, 7) is 1.54. The largest absolute Gasteiger partial charge is 0.496 e. The van der Waals surface area contributed by atoms with Crippen LogP contribution in [0.15, 0.2) is 24.3 Å². The predicted molar refractivity (Wildman–Crippen MR) is 112 cm³/mol. The molecule has 3 saturated heterocycles. The van der Waals surface area contributed by atoms with Crippen LogP contribution < -0.4 is 10.1 Å². The normalized spacial score (nSPS) is 32.1. The molecule has 0 radical (unpaired) electrons. The molecule has 3 aliphatic heterocycles. The molecule has 172 valence electrons. The lowest BCUT2D eigenvalue weighted by molar-refractivity contribution is -0.134. The molecule has 4 rings (SSSR count). The van der Waals surface area contributed by atoms with Crippen LogP contribution in [0, 0.1) is 0 Å². The minimum absolute atomic E-state index is 0.0148. The molecule has 0 aliphatic carbocycles. The van der Waals surface area contributed by atoms with Gasteiger partial charge in [-0.2, -0.15) is 0 Å². The zero-order valence-corrected chi connectivity index (χ0v) is 18.4. The molecular weight excluding hydrogens is 424 g/mol. The average Bonchev–Trinajstić information content (AvgIpc) is 3.26. The number of hydrogen-bond acceptors (Lipinski definition) is 8. The van der Waals surface area contributed by atoms with Crippen LogP contribution in [-0.2, 0) is 30.7 Å². The van der Waals surface area contributed by atoms with Gasteiger partial charge in [0, 0.05) is 38.2 Å². The van der Waals surface area contributed by atoms with E-state index in [2.05, 4.69) is 5.32 Å². The van der Waals surface area contributed by atoms with Crippen molar-refractivity contribution in [2.75, 3.05) is 38.2 Å². The number of amides is 1. The van der Waals surface area contributed by atoms with Crippen molar-refractivity contribution in [2.24, 2.45) is 0 Å². The summed E-state index contributed by atoms with van der Waals surface area (Å²) in [5.41, 5.74) is 1.03. The maximum absolute atomic E-state index is 12.5. The quantitative estimate of drug-likeness (QED) is 0.578.